The summed E-state index contributed by atoms with van der Waals surface area (Å²) in [4.78, 5) is 27.9. The molecule has 0 aliphatic carbocycles. The van der Waals surface area contributed by atoms with E-state index in [0.717, 1.165) is 21.8 Å². The Morgan fingerprint density at radius 3 is 2.61 bits per heavy atom. The van der Waals surface area contributed by atoms with Crippen LogP contribution in [0.25, 0.3) is 0 Å². The molecule has 1 aliphatic rings. The summed E-state index contributed by atoms with van der Waals surface area (Å²) in [6.45, 7) is -0.0202. The molecular weight excluding hydrogens is 508 g/mol. The topological polar surface area (TPSA) is 135 Å². The van der Waals surface area contributed by atoms with Crippen LogP contribution < -0.4 is 10.8 Å². The van der Waals surface area contributed by atoms with Crippen molar-refractivity contribution in [2.24, 2.45) is 7.05 Å². The third kappa shape index (κ3) is 7.65. The smallest absolute Gasteiger partial charge is 0.243 e. The Bertz CT molecular complexity index is 1220. The number of rotatable bonds is 11. The van der Waals surface area contributed by atoms with Crippen molar-refractivity contribution < 1.29 is 29.4 Å². The summed E-state index contributed by atoms with van der Waals surface area (Å²) in [7, 11) is 1.95. The predicted octanol–water partition coefficient (Wildman–Crippen LogP) is 3.86. The quantitative estimate of drug-likeness (QED) is 0.164. The van der Waals surface area contributed by atoms with Gasteiger partial charge in [-0.25, -0.2) is 10.5 Å². The number of carbonyl (C=O) groups excluding carboxylic acids is 2. The maximum atomic E-state index is 12.3. The summed E-state index contributed by atoms with van der Waals surface area (Å²) in [5.74, 6) is -0.0690. The third-order valence-electron chi connectivity index (χ3n) is 6.17. The summed E-state index contributed by atoms with van der Waals surface area (Å²) in [5, 5.41) is 21.7. The Balaban J connectivity index is 1.46. The lowest BCUT2D eigenvalue weighted by molar-refractivity contribution is -0.245. The van der Waals surface area contributed by atoms with Crippen LogP contribution in [0.5, 0.6) is 0 Å². The Hall–Kier alpha value is -3.22. The molecule has 2 amide bonds. The van der Waals surface area contributed by atoms with Gasteiger partial charge < -0.3 is 24.5 Å². The van der Waals surface area contributed by atoms with Gasteiger partial charge in [-0.2, -0.15) is 0 Å². The number of aromatic nitrogens is 2. The van der Waals surface area contributed by atoms with E-state index in [2.05, 4.69) is 10.3 Å². The van der Waals surface area contributed by atoms with Crippen LogP contribution in [0, 0.1) is 0 Å². The summed E-state index contributed by atoms with van der Waals surface area (Å²) in [6, 6.07) is 15.0. The molecule has 2 heterocycles. The van der Waals surface area contributed by atoms with Gasteiger partial charge in [-0.3, -0.25) is 14.8 Å². The van der Waals surface area contributed by atoms with E-state index in [-0.39, 0.29) is 37.6 Å². The minimum Gasteiger partial charge on any atom is -0.392 e. The highest BCUT2D eigenvalue weighted by Crippen LogP contribution is 2.39. The number of anilines is 1. The molecule has 1 saturated heterocycles. The molecule has 3 unspecified atom stereocenters. The highest BCUT2D eigenvalue weighted by Gasteiger charge is 2.32. The molecule has 2 aromatic carbocycles. The Kier molecular flexibility index (Phi) is 9.91. The number of imidazole rings is 1. The monoisotopic (exact) mass is 540 g/mol. The predicted molar refractivity (Wildman–Crippen MR) is 141 cm³/mol. The number of benzene rings is 2. The SMILES string of the molecule is Cn1ccnc1SCC1CC(c2ccc(CO)cc2)OC(c2cccc(NC(=O)CCCC(=O)NO)c2)O1. The summed E-state index contributed by atoms with van der Waals surface area (Å²) in [5.41, 5.74) is 4.76. The molecule has 1 aromatic heterocycles. The summed E-state index contributed by atoms with van der Waals surface area (Å²) < 4.78 is 14.7. The minimum atomic E-state index is -0.650. The average molecular weight is 541 g/mol. The molecule has 0 radical (unpaired) electrons. The number of aryl methyl sites for hydroxylation is 1. The molecule has 4 N–H and O–H groups in total. The highest BCUT2D eigenvalue weighted by molar-refractivity contribution is 7.99. The molecule has 4 rings (SSSR count). The van der Waals surface area contributed by atoms with E-state index in [1.54, 1.807) is 29.5 Å². The van der Waals surface area contributed by atoms with Gasteiger partial charge in [0.25, 0.3) is 0 Å². The Morgan fingerprint density at radius 2 is 1.89 bits per heavy atom. The van der Waals surface area contributed by atoms with Crippen LogP contribution in [0.2, 0.25) is 0 Å². The standard InChI is InChI=1S/C27H32N4O6S/c1-31-13-12-28-27(31)38-17-22-15-23(19-10-8-18(16-32)9-11-19)37-26(36-22)20-4-2-5-21(14-20)29-24(33)6-3-7-25(34)30-35/h2,4-5,8-14,22-23,26,32,35H,3,6-7,15-17H2,1H3,(H,29,33)(H,30,34). The molecular formula is C27H32N4O6S. The minimum absolute atomic E-state index is 0.0202. The van der Waals surface area contributed by atoms with E-state index in [4.69, 9.17) is 14.7 Å². The van der Waals surface area contributed by atoms with E-state index in [1.165, 1.54) is 0 Å². The number of carbonyl (C=O) groups is 2. The molecule has 11 heteroatoms. The van der Waals surface area contributed by atoms with E-state index in [9.17, 15) is 14.7 Å². The lowest BCUT2D eigenvalue weighted by Crippen LogP contribution is -2.31. The molecule has 3 aromatic rings. The number of aliphatic hydroxyl groups excluding tert-OH is 1. The molecule has 10 nitrogen and oxygen atoms in total. The fourth-order valence-corrected chi connectivity index (χ4v) is 5.08. The van der Waals surface area contributed by atoms with E-state index >= 15 is 0 Å². The molecule has 202 valence electrons. The summed E-state index contributed by atoms with van der Waals surface area (Å²) >= 11 is 1.62. The van der Waals surface area contributed by atoms with Gasteiger partial charge in [0.1, 0.15) is 0 Å². The highest BCUT2D eigenvalue weighted by atomic mass is 32.2. The molecule has 0 bridgehead atoms. The maximum Gasteiger partial charge on any atom is 0.243 e. The molecule has 0 saturated carbocycles. The van der Waals surface area contributed by atoms with Gasteiger partial charge in [-0.1, -0.05) is 48.2 Å². The first-order chi connectivity index (χ1) is 18.4. The second-order valence-electron chi connectivity index (χ2n) is 9.04. The van der Waals surface area contributed by atoms with Crippen LogP contribution >= 0.6 is 11.8 Å². The van der Waals surface area contributed by atoms with E-state index in [1.807, 2.05) is 60.3 Å². The number of hydroxylamine groups is 1. The zero-order valence-electron chi connectivity index (χ0n) is 21.1. The lowest BCUT2D eigenvalue weighted by Gasteiger charge is -2.36. The van der Waals surface area contributed by atoms with Gasteiger partial charge in [-0.15, -0.1) is 0 Å². The number of amides is 2. The molecule has 1 fully saturated rings. The zero-order chi connectivity index (χ0) is 26.9. The van der Waals surface area contributed by atoms with E-state index < -0.39 is 12.2 Å². The van der Waals surface area contributed by atoms with Crippen LogP contribution in [0.4, 0.5) is 5.69 Å². The van der Waals surface area contributed by atoms with Gasteiger partial charge in [0.2, 0.25) is 11.8 Å². The fourth-order valence-electron chi connectivity index (χ4n) is 4.13. The van der Waals surface area contributed by atoms with Crippen LogP contribution in [0.3, 0.4) is 0 Å². The molecule has 38 heavy (non-hydrogen) atoms. The largest absolute Gasteiger partial charge is 0.392 e. The first-order valence-electron chi connectivity index (χ1n) is 12.4. The number of nitrogens with zero attached hydrogens (tertiary/aromatic N) is 2. The van der Waals surface area contributed by atoms with Crippen molar-refractivity contribution in [1.29, 1.82) is 0 Å². The van der Waals surface area contributed by atoms with Gasteiger partial charge in [-0.05, 0) is 29.7 Å². The van der Waals surface area contributed by atoms with Gasteiger partial charge in [0.15, 0.2) is 11.4 Å². The van der Waals surface area contributed by atoms with Crippen LogP contribution in [0.1, 0.15) is 54.8 Å². The number of thioether (sulfide) groups is 1. The molecule has 3 atom stereocenters. The normalized spacial score (nSPS) is 19.2. The Morgan fingerprint density at radius 1 is 1.11 bits per heavy atom. The number of nitrogens with one attached hydrogen (secondary N) is 2. The first-order valence-corrected chi connectivity index (χ1v) is 13.4. The Labute approximate surface area is 225 Å². The van der Waals surface area contributed by atoms with Crippen molar-refractivity contribution in [2.75, 3.05) is 11.1 Å². The number of hydrogen-bond donors (Lipinski definition) is 4. The second-order valence-corrected chi connectivity index (χ2v) is 10.0. The van der Waals surface area contributed by atoms with Gasteiger partial charge in [0, 0.05) is 55.7 Å². The first kappa shape index (κ1) is 27.8. The van der Waals surface area contributed by atoms with Gasteiger partial charge >= 0.3 is 0 Å². The third-order valence-corrected chi connectivity index (χ3v) is 7.36. The van der Waals surface area contributed by atoms with Crippen molar-refractivity contribution in [3.63, 3.8) is 0 Å². The molecule has 1 aliphatic heterocycles. The van der Waals surface area contributed by atoms with Gasteiger partial charge in [0.05, 0.1) is 18.8 Å². The second kappa shape index (κ2) is 13.5. The van der Waals surface area contributed by atoms with E-state index in [0.29, 0.717) is 24.3 Å². The average Bonchev–Trinajstić information content (AvgIpc) is 3.36. The van der Waals surface area contributed by atoms with Crippen LogP contribution in [-0.4, -0.2) is 43.5 Å². The lowest BCUT2D eigenvalue weighted by atomic mass is 10.0. The number of ether oxygens (including phenoxy) is 2. The van der Waals surface area contributed by atoms with Crippen molar-refractivity contribution >= 4 is 29.3 Å². The number of hydrogen-bond acceptors (Lipinski definition) is 8. The number of aliphatic hydroxyl groups is 1. The van der Waals surface area contributed by atoms with Crippen molar-refractivity contribution in [3.05, 3.63) is 77.6 Å². The molecule has 0 spiro atoms. The van der Waals surface area contributed by atoms with Crippen molar-refractivity contribution in [3.8, 4) is 0 Å². The maximum absolute atomic E-state index is 12.3. The van der Waals surface area contributed by atoms with Crippen LogP contribution in [-0.2, 0) is 32.7 Å². The zero-order valence-corrected chi connectivity index (χ0v) is 21.9. The van der Waals surface area contributed by atoms with Crippen molar-refractivity contribution in [2.45, 2.75) is 55.9 Å². The summed E-state index contributed by atoms with van der Waals surface area (Å²) in [6.07, 6.45) is 3.87. The van der Waals surface area contributed by atoms with Crippen molar-refractivity contribution in [1.82, 2.24) is 15.0 Å². The van der Waals surface area contributed by atoms with Crippen LogP contribution in [0.15, 0.2) is 66.1 Å². The fraction of sp³-hybridized carbons (Fsp3) is 0.370.